The summed E-state index contributed by atoms with van der Waals surface area (Å²) >= 11 is 0. The molecule has 0 unspecified atom stereocenters. The third-order valence-corrected chi connectivity index (χ3v) is 3.04. The summed E-state index contributed by atoms with van der Waals surface area (Å²) in [6.45, 7) is 0. The third-order valence-electron chi connectivity index (χ3n) is 3.04. The highest BCUT2D eigenvalue weighted by Crippen LogP contribution is 2.63. The minimum atomic E-state index is -8.59. The normalized spacial score (nSPS) is 16.7. The average Bonchev–Trinajstić information content (AvgIpc) is 2.44. The van der Waals surface area contributed by atoms with E-state index in [-0.39, 0.29) is 12.4 Å². The third kappa shape index (κ3) is 3.06. The highest BCUT2D eigenvalue weighted by atomic mass is 19.4. The number of nitrogens with one attached hydrogen (secondary N) is 1. The predicted molar refractivity (Wildman–Crippen MR) is 49.7 cm³/mol. The Morgan fingerprint density at radius 3 is 0.815 bits per heavy atom. The van der Waals surface area contributed by atoms with Gasteiger partial charge in [0.05, 0.1) is 0 Å². The Hall–Kier alpha value is -1.23. The molecule has 0 aromatic rings. The predicted octanol–water partition coefficient (Wildman–Crippen LogP) is 5.17. The van der Waals surface area contributed by atoms with E-state index < -0.39 is 47.8 Å². The minimum Gasteiger partial charge on any atom is -0.256 e. The molecule has 0 saturated carbocycles. The van der Waals surface area contributed by atoms with Crippen molar-refractivity contribution in [2.75, 3.05) is 7.05 Å². The van der Waals surface area contributed by atoms with Gasteiger partial charge in [0.2, 0.25) is 0 Å². The molecule has 0 aliphatic carbocycles. The molecule has 0 amide bonds. The second-order valence-electron chi connectivity index (χ2n) is 4.77. The summed E-state index contributed by atoms with van der Waals surface area (Å²) in [6, 6.07) is -6.52. The Labute approximate surface area is 136 Å². The van der Waals surface area contributed by atoms with Crippen LogP contribution in [0.5, 0.6) is 0 Å². The van der Waals surface area contributed by atoms with Gasteiger partial charge in [0, 0.05) is 0 Å². The van der Waals surface area contributed by atoms with Crippen molar-refractivity contribution in [2.24, 2.45) is 0 Å². The Kier molecular flexibility index (Phi) is 5.85. The molecule has 0 spiro atoms. The number of alkyl halides is 17. The summed E-state index contributed by atoms with van der Waals surface area (Å²) in [5, 5.41) is -0.0527. The van der Waals surface area contributed by atoms with E-state index in [0.717, 1.165) is 0 Å². The van der Waals surface area contributed by atoms with Gasteiger partial charge in [-0.1, -0.05) is 0 Å². The van der Waals surface area contributed by atoms with Crippen LogP contribution in [-0.4, -0.2) is 54.8 Å². The second kappa shape index (κ2) is 6.13. The summed E-state index contributed by atoms with van der Waals surface area (Å²) in [5.74, 6) is -49.6. The number of hydrogen-bond acceptors (Lipinski definition) is 1. The van der Waals surface area contributed by atoms with Crippen LogP contribution in [0, 0.1) is 0 Å². The van der Waals surface area contributed by atoms with Gasteiger partial charge in [-0.25, -0.2) is 0 Å². The SMILES string of the molecule is CNC(F)(F)C(F)(F)C(F)(F)C(F)(F)C(F)(F)C(F)(F)C(F)(F)C(F)(F)F. The summed E-state index contributed by atoms with van der Waals surface area (Å²) in [4.78, 5) is 0. The van der Waals surface area contributed by atoms with Gasteiger partial charge >= 0.3 is 47.8 Å². The zero-order valence-corrected chi connectivity index (χ0v) is 11.9. The van der Waals surface area contributed by atoms with Gasteiger partial charge in [-0.2, -0.15) is 74.6 Å². The van der Waals surface area contributed by atoms with Crippen molar-refractivity contribution in [3.8, 4) is 0 Å². The fourth-order valence-corrected chi connectivity index (χ4v) is 1.32. The monoisotopic (exact) mass is 449 g/mol. The molecule has 0 aromatic heterocycles. The van der Waals surface area contributed by atoms with E-state index in [1.807, 2.05) is 0 Å². The summed E-state index contributed by atoms with van der Waals surface area (Å²) in [7, 11) is -0.313. The van der Waals surface area contributed by atoms with Crippen LogP contribution in [0.1, 0.15) is 0 Å². The van der Waals surface area contributed by atoms with Crippen molar-refractivity contribution < 1.29 is 74.6 Å². The van der Waals surface area contributed by atoms with Crippen molar-refractivity contribution in [2.45, 2.75) is 47.8 Å². The maximum absolute atomic E-state index is 13.0. The molecule has 0 aliphatic rings. The number of rotatable bonds is 7. The van der Waals surface area contributed by atoms with Gasteiger partial charge < -0.3 is 0 Å². The van der Waals surface area contributed by atoms with E-state index in [9.17, 15) is 74.6 Å². The first-order valence-electron chi connectivity index (χ1n) is 5.71. The first kappa shape index (κ1) is 25.8. The van der Waals surface area contributed by atoms with Crippen molar-refractivity contribution in [3.05, 3.63) is 0 Å². The van der Waals surface area contributed by atoms with Gasteiger partial charge in [-0.3, -0.25) is 5.32 Å². The molecule has 0 radical (unpaired) electrons. The number of halogens is 17. The Morgan fingerprint density at radius 2 is 0.593 bits per heavy atom. The molecule has 0 heterocycles. The van der Waals surface area contributed by atoms with Gasteiger partial charge in [0.1, 0.15) is 0 Å². The number of hydrogen-bond donors (Lipinski definition) is 1. The van der Waals surface area contributed by atoms with Gasteiger partial charge in [-0.05, 0) is 7.05 Å². The Morgan fingerprint density at radius 1 is 0.370 bits per heavy atom. The lowest BCUT2D eigenvalue weighted by atomic mass is 9.90. The van der Waals surface area contributed by atoms with Gasteiger partial charge in [0.15, 0.2) is 0 Å². The van der Waals surface area contributed by atoms with Crippen LogP contribution < -0.4 is 5.32 Å². The minimum absolute atomic E-state index is 0.0527. The maximum atomic E-state index is 13.0. The summed E-state index contributed by atoms with van der Waals surface area (Å²) in [5.41, 5.74) is 0. The van der Waals surface area contributed by atoms with Crippen LogP contribution in [0.25, 0.3) is 0 Å². The van der Waals surface area contributed by atoms with Crippen LogP contribution in [0.2, 0.25) is 0 Å². The molecule has 18 heteroatoms. The van der Waals surface area contributed by atoms with Crippen molar-refractivity contribution in [3.63, 3.8) is 0 Å². The van der Waals surface area contributed by atoms with E-state index in [4.69, 9.17) is 0 Å². The average molecular weight is 449 g/mol. The fraction of sp³-hybridized carbons (Fsp3) is 1.00. The van der Waals surface area contributed by atoms with Crippen LogP contribution >= 0.6 is 0 Å². The molecule has 0 atom stereocenters. The van der Waals surface area contributed by atoms with E-state index in [2.05, 4.69) is 0 Å². The summed E-state index contributed by atoms with van der Waals surface area (Å²) in [6.07, 6.45) is -7.75. The van der Waals surface area contributed by atoms with Crippen molar-refractivity contribution in [1.82, 2.24) is 5.32 Å². The van der Waals surface area contributed by atoms with E-state index in [0.29, 0.717) is 0 Å². The molecular weight excluding hydrogens is 445 g/mol. The van der Waals surface area contributed by atoms with Gasteiger partial charge in [-0.15, -0.1) is 0 Å². The zero-order chi connectivity index (χ0) is 22.7. The maximum Gasteiger partial charge on any atom is 0.460 e. The fourth-order valence-electron chi connectivity index (χ4n) is 1.32. The van der Waals surface area contributed by atoms with E-state index in [1.54, 1.807) is 0 Å². The quantitative estimate of drug-likeness (QED) is 0.418. The molecule has 27 heavy (non-hydrogen) atoms. The highest BCUT2D eigenvalue weighted by molar-refractivity contribution is 5.14. The first-order chi connectivity index (χ1) is 11.3. The largest absolute Gasteiger partial charge is 0.460 e. The molecule has 1 N–H and O–H groups in total. The molecule has 0 aliphatic heterocycles. The van der Waals surface area contributed by atoms with E-state index >= 15 is 0 Å². The van der Waals surface area contributed by atoms with Crippen molar-refractivity contribution >= 4 is 0 Å². The first-order valence-corrected chi connectivity index (χ1v) is 5.71. The lowest BCUT2D eigenvalue weighted by molar-refractivity contribution is -0.462. The van der Waals surface area contributed by atoms with Gasteiger partial charge in [0.25, 0.3) is 0 Å². The second-order valence-corrected chi connectivity index (χ2v) is 4.77. The molecule has 164 valence electrons. The molecular formula is C9H4F17N. The summed E-state index contributed by atoms with van der Waals surface area (Å²) < 4.78 is 215. The van der Waals surface area contributed by atoms with Crippen LogP contribution in [-0.2, 0) is 0 Å². The highest BCUT2D eigenvalue weighted by Gasteiger charge is 2.95. The Bertz CT molecular complexity index is 543. The molecule has 0 saturated heterocycles. The smallest absolute Gasteiger partial charge is 0.256 e. The van der Waals surface area contributed by atoms with E-state index in [1.165, 1.54) is 0 Å². The topological polar surface area (TPSA) is 12.0 Å². The lowest BCUT2D eigenvalue weighted by Gasteiger charge is -2.42. The van der Waals surface area contributed by atoms with Crippen LogP contribution in [0.4, 0.5) is 74.6 Å². The zero-order valence-electron chi connectivity index (χ0n) is 11.9. The van der Waals surface area contributed by atoms with Crippen LogP contribution in [0.3, 0.4) is 0 Å². The molecule has 0 rings (SSSR count). The standard InChI is InChI=1S/C9H4F17N/c1-27-9(25,26)7(20,21)5(16,17)3(12,13)2(10,11)4(14,15)6(18,19)8(22,23)24/h27H,1H3. The van der Waals surface area contributed by atoms with Crippen LogP contribution in [0.15, 0.2) is 0 Å². The van der Waals surface area contributed by atoms with Crippen molar-refractivity contribution in [1.29, 1.82) is 0 Å². The molecule has 0 bridgehead atoms. The Balaban J connectivity index is 6.65. The molecule has 1 nitrogen and oxygen atoms in total. The molecule has 0 aromatic carbocycles. The lowest BCUT2D eigenvalue weighted by Crippen LogP contribution is -2.75. The molecule has 0 fully saturated rings.